The van der Waals surface area contributed by atoms with Crippen LogP contribution in [0.5, 0.6) is 11.5 Å². The van der Waals surface area contributed by atoms with E-state index in [1.165, 1.54) is 5.56 Å². The SMILES string of the molecule is C[C@H](NCCCc1ccccc1)[C@@H]1COc2ccccc2O1. The van der Waals surface area contributed by atoms with Crippen molar-refractivity contribution in [3.05, 3.63) is 60.2 Å². The Hall–Kier alpha value is -2.00. The second-order valence-corrected chi connectivity index (χ2v) is 5.75. The lowest BCUT2D eigenvalue weighted by molar-refractivity contribution is 0.0667. The Bertz CT molecular complexity index is 585. The molecular weight excluding hydrogens is 274 g/mol. The van der Waals surface area contributed by atoms with Crippen LogP contribution in [0.2, 0.25) is 0 Å². The van der Waals surface area contributed by atoms with Crippen molar-refractivity contribution >= 4 is 0 Å². The molecule has 0 amide bonds. The average Bonchev–Trinajstić information content (AvgIpc) is 2.59. The summed E-state index contributed by atoms with van der Waals surface area (Å²) in [6.07, 6.45) is 2.29. The Balaban J connectivity index is 1.42. The van der Waals surface area contributed by atoms with Crippen molar-refractivity contribution in [3.8, 4) is 11.5 Å². The van der Waals surface area contributed by atoms with Crippen LogP contribution in [0.15, 0.2) is 54.6 Å². The molecule has 2 aromatic carbocycles. The van der Waals surface area contributed by atoms with Crippen molar-refractivity contribution in [2.75, 3.05) is 13.2 Å². The highest BCUT2D eigenvalue weighted by Gasteiger charge is 2.25. The molecule has 3 nitrogen and oxygen atoms in total. The summed E-state index contributed by atoms with van der Waals surface area (Å²) in [5, 5.41) is 3.55. The van der Waals surface area contributed by atoms with Gasteiger partial charge >= 0.3 is 0 Å². The monoisotopic (exact) mass is 297 g/mol. The standard InChI is InChI=1S/C19H23NO2/c1-15(20-13-7-10-16-8-3-2-4-9-16)19-14-21-17-11-5-6-12-18(17)22-19/h2-6,8-9,11-12,15,19-20H,7,10,13-14H2,1H3/t15-,19-/m0/s1. The lowest BCUT2D eigenvalue weighted by atomic mass is 10.1. The van der Waals surface area contributed by atoms with Crippen LogP contribution >= 0.6 is 0 Å². The largest absolute Gasteiger partial charge is 0.486 e. The van der Waals surface area contributed by atoms with Crippen LogP contribution in [-0.2, 0) is 6.42 Å². The third kappa shape index (κ3) is 3.80. The number of benzene rings is 2. The fourth-order valence-corrected chi connectivity index (χ4v) is 2.68. The van der Waals surface area contributed by atoms with E-state index in [0.29, 0.717) is 6.61 Å². The second-order valence-electron chi connectivity index (χ2n) is 5.75. The number of hydrogen-bond donors (Lipinski definition) is 1. The molecule has 1 aliphatic rings. The summed E-state index contributed by atoms with van der Waals surface area (Å²) in [6, 6.07) is 18.7. The van der Waals surface area contributed by atoms with Crippen molar-refractivity contribution in [3.63, 3.8) is 0 Å². The normalized spacial score (nSPS) is 18.0. The highest BCUT2D eigenvalue weighted by molar-refractivity contribution is 5.40. The summed E-state index contributed by atoms with van der Waals surface area (Å²) >= 11 is 0. The Morgan fingerprint density at radius 3 is 2.59 bits per heavy atom. The third-order valence-corrected chi connectivity index (χ3v) is 4.04. The fourth-order valence-electron chi connectivity index (χ4n) is 2.68. The molecule has 0 aliphatic carbocycles. The maximum absolute atomic E-state index is 6.02. The van der Waals surface area contributed by atoms with Gasteiger partial charge in [0.15, 0.2) is 11.5 Å². The molecule has 0 aromatic heterocycles. The highest BCUT2D eigenvalue weighted by Crippen LogP contribution is 2.31. The molecule has 1 heterocycles. The summed E-state index contributed by atoms with van der Waals surface area (Å²) < 4.78 is 11.8. The third-order valence-electron chi connectivity index (χ3n) is 4.04. The molecule has 2 aromatic rings. The van der Waals surface area contributed by atoms with E-state index in [9.17, 15) is 0 Å². The minimum Gasteiger partial charge on any atom is -0.486 e. The first kappa shape index (κ1) is 14.9. The quantitative estimate of drug-likeness (QED) is 0.829. The van der Waals surface area contributed by atoms with Gasteiger partial charge in [0, 0.05) is 6.04 Å². The van der Waals surface area contributed by atoms with E-state index in [-0.39, 0.29) is 12.1 Å². The Morgan fingerprint density at radius 1 is 1.05 bits per heavy atom. The van der Waals surface area contributed by atoms with Crippen LogP contribution in [0.1, 0.15) is 18.9 Å². The molecule has 1 N–H and O–H groups in total. The maximum Gasteiger partial charge on any atom is 0.161 e. The number of ether oxygens (including phenoxy) is 2. The highest BCUT2D eigenvalue weighted by atomic mass is 16.6. The zero-order chi connectivity index (χ0) is 15.2. The van der Waals surface area contributed by atoms with Gasteiger partial charge in [-0.1, -0.05) is 42.5 Å². The summed E-state index contributed by atoms with van der Waals surface area (Å²) in [5.41, 5.74) is 1.39. The summed E-state index contributed by atoms with van der Waals surface area (Å²) in [4.78, 5) is 0. The lowest BCUT2D eigenvalue weighted by Crippen LogP contribution is -2.46. The van der Waals surface area contributed by atoms with Crippen molar-refractivity contribution in [1.82, 2.24) is 5.32 Å². The smallest absolute Gasteiger partial charge is 0.161 e. The van der Waals surface area contributed by atoms with Crippen LogP contribution in [0.3, 0.4) is 0 Å². The number of fused-ring (bicyclic) bond motifs is 1. The van der Waals surface area contributed by atoms with E-state index >= 15 is 0 Å². The number of para-hydroxylation sites is 2. The van der Waals surface area contributed by atoms with Gasteiger partial charge in [-0.05, 0) is 44.0 Å². The maximum atomic E-state index is 6.02. The van der Waals surface area contributed by atoms with Gasteiger partial charge in [-0.3, -0.25) is 0 Å². The molecule has 0 spiro atoms. The van der Waals surface area contributed by atoms with Crippen molar-refractivity contribution < 1.29 is 9.47 Å². The van der Waals surface area contributed by atoms with Crippen LogP contribution < -0.4 is 14.8 Å². The molecule has 2 atom stereocenters. The molecule has 3 rings (SSSR count). The van der Waals surface area contributed by atoms with Gasteiger partial charge < -0.3 is 14.8 Å². The summed E-state index contributed by atoms with van der Waals surface area (Å²) in [6.45, 7) is 3.74. The van der Waals surface area contributed by atoms with Gasteiger partial charge in [-0.15, -0.1) is 0 Å². The van der Waals surface area contributed by atoms with Gasteiger partial charge in [0.1, 0.15) is 12.7 Å². The minimum atomic E-state index is 0.0617. The first-order valence-electron chi connectivity index (χ1n) is 7.99. The van der Waals surface area contributed by atoms with Crippen molar-refractivity contribution in [1.29, 1.82) is 0 Å². The van der Waals surface area contributed by atoms with Gasteiger partial charge in [0.2, 0.25) is 0 Å². The second kappa shape index (κ2) is 7.32. The Kier molecular flexibility index (Phi) is 4.96. The van der Waals surface area contributed by atoms with Crippen LogP contribution in [0.4, 0.5) is 0 Å². The molecule has 3 heteroatoms. The number of rotatable bonds is 6. The van der Waals surface area contributed by atoms with Crippen molar-refractivity contribution in [2.45, 2.75) is 31.9 Å². The number of nitrogens with one attached hydrogen (secondary N) is 1. The zero-order valence-corrected chi connectivity index (χ0v) is 13.0. The summed E-state index contributed by atoms with van der Waals surface area (Å²) in [5.74, 6) is 1.69. The molecule has 0 bridgehead atoms. The molecule has 116 valence electrons. The zero-order valence-electron chi connectivity index (χ0n) is 13.0. The van der Waals surface area contributed by atoms with E-state index in [1.807, 2.05) is 24.3 Å². The Morgan fingerprint density at radius 2 is 1.77 bits per heavy atom. The number of hydrogen-bond acceptors (Lipinski definition) is 3. The van der Waals surface area contributed by atoms with E-state index in [0.717, 1.165) is 30.9 Å². The average molecular weight is 297 g/mol. The predicted molar refractivity (Wildman–Crippen MR) is 88.6 cm³/mol. The van der Waals surface area contributed by atoms with Gasteiger partial charge in [0.05, 0.1) is 0 Å². The number of aryl methyl sites for hydroxylation is 1. The van der Waals surface area contributed by atoms with E-state index in [2.05, 4.69) is 42.6 Å². The van der Waals surface area contributed by atoms with E-state index in [4.69, 9.17) is 9.47 Å². The summed E-state index contributed by atoms with van der Waals surface area (Å²) in [7, 11) is 0. The topological polar surface area (TPSA) is 30.5 Å². The molecule has 22 heavy (non-hydrogen) atoms. The first-order chi connectivity index (χ1) is 10.8. The molecule has 0 unspecified atom stereocenters. The molecule has 1 aliphatic heterocycles. The minimum absolute atomic E-state index is 0.0617. The van der Waals surface area contributed by atoms with Gasteiger partial charge in [-0.25, -0.2) is 0 Å². The van der Waals surface area contributed by atoms with Crippen LogP contribution in [-0.4, -0.2) is 25.3 Å². The molecule has 0 saturated carbocycles. The van der Waals surface area contributed by atoms with Crippen LogP contribution in [0, 0.1) is 0 Å². The lowest BCUT2D eigenvalue weighted by Gasteiger charge is -2.31. The van der Waals surface area contributed by atoms with E-state index < -0.39 is 0 Å². The van der Waals surface area contributed by atoms with Crippen molar-refractivity contribution in [2.24, 2.45) is 0 Å². The predicted octanol–water partition coefficient (Wildman–Crippen LogP) is 3.44. The molecular formula is C19H23NO2. The molecule has 0 radical (unpaired) electrons. The fraction of sp³-hybridized carbons (Fsp3) is 0.368. The van der Waals surface area contributed by atoms with Gasteiger partial charge in [-0.2, -0.15) is 0 Å². The Labute approximate surface area is 132 Å². The van der Waals surface area contributed by atoms with E-state index in [1.54, 1.807) is 0 Å². The molecule has 0 saturated heterocycles. The molecule has 0 fully saturated rings. The van der Waals surface area contributed by atoms with Gasteiger partial charge in [0.25, 0.3) is 0 Å². The van der Waals surface area contributed by atoms with Crippen LogP contribution in [0.25, 0.3) is 0 Å². The first-order valence-corrected chi connectivity index (χ1v) is 7.99.